The maximum atomic E-state index is 12.6. The highest BCUT2D eigenvalue weighted by atomic mass is 19.4. The molecule has 0 saturated heterocycles. The topological polar surface area (TPSA) is 59.4 Å². The normalized spacial score (nSPS) is 11.2. The lowest BCUT2D eigenvalue weighted by Crippen LogP contribution is -2.06. The van der Waals surface area contributed by atoms with Crippen molar-refractivity contribution in [3.8, 4) is 11.6 Å². The van der Waals surface area contributed by atoms with Crippen molar-refractivity contribution in [1.29, 1.82) is 0 Å². The molecule has 4 nitrogen and oxygen atoms in total. The Balaban J connectivity index is 2.42. The third-order valence-electron chi connectivity index (χ3n) is 2.71. The first kappa shape index (κ1) is 14.8. The SMILES string of the molecule is Cc1cccc(C(=O)O)c1Oc1cc(C(F)(F)F)ccn1. The summed E-state index contributed by atoms with van der Waals surface area (Å²) < 4.78 is 43.1. The lowest BCUT2D eigenvalue weighted by molar-refractivity contribution is -0.137. The monoisotopic (exact) mass is 297 g/mol. The Hall–Kier alpha value is -2.57. The minimum atomic E-state index is -4.53. The minimum Gasteiger partial charge on any atom is -0.478 e. The number of carbonyl (C=O) groups is 1. The molecule has 0 atom stereocenters. The molecule has 0 saturated carbocycles. The number of ether oxygens (including phenoxy) is 1. The van der Waals surface area contributed by atoms with Crippen molar-refractivity contribution in [1.82, 2.24) is 4.98 Å². The Bertz CT molecular complexity index is 683. The molecule has 1 N–H and O–H groups in total. The summed E-state index contributed by atoms with van der Waals surface area (Å²) >= 11 is 0. The Morgan fingerprint density at radius 2 is 2.00 bits per heavy atom. The molecule has 2 aromatic rings. The zero-order valence-corrected chi connectivity index (χ0v) is 10.8. The molecule has 0 spiro atoms. The zero-order chi connectivity index (χ0) is 15.6. The van der Waals surface area contributed by atoms with Crippen LogP contribution < -0.4 is 4.74 Å². The molecule has 0 radical (unpaired) electrons. The Kier molecular flexibility index (Phi) is 3.84. The number of pyridine rings is 1. The molecule has 21 heavy (non-hydrogen) atoms. The van der Waals surface area contributed by atoms with E-state index in [1.807, 2.05) is 0 Å². The molecule has 0 unspecified atom stereocenters. The molecule has 1 aromatic heterocycles. The van der Waals surface area contributed by atoms with Gasteiger partial charge in [-0.15, -0.1) is 0 Å². The van der Waals surface area contributed by atoms with Crippen LogP contribution in [0.4, 0.5) is 13.2 Å². The summed E-state index contributed by atoms with van der Waals surface area (Å²) in [6.07, 6.45) is -3.57. The van der Waals surface area contributed by atoms with Gasteiger partial charge in [0.1, 0.15) is 11.3 Å². The van der Waals surface area contributed by atoms with Crippen LogP contribution in [0.3, 0.4) is 0 Å². The van der Waals surface area contributed by atoms with Crippen molar-refractivity contribution in [2.75, 3.05) is 0 Å². The number of carboxylic acid groups (broad SMARTS) is 1. The number of rotatable bonds is 3. The van der Waals surface area contributed by atoms with Crippen LogP contribution in [0, 0.1) is 6.92 Å². The fraction of sp³-hybridized carbons (Fsp3) is 0.143. The van der Waals surface area contributed by atoms with Gasteiger partial charge in [0.15, 0.2) is 0 Å². The molecule has 7 heteroatoms. The molecular formula is C14H10F3NO3. The molecular weight excluding hydrogens is 287 g/mol. The van der Waals surface area contributed by atoms with Gasteiger partial charge in [0.05, 0.1) is 5.56 Å². The standard InChI is InChI=1S/C14H10F3NO3/c1-8-3-2-4-10(13(19)20)12(8)21-11-7-9(5-6-18-11)14(15,16)17/h2-7H,1H3,(H,19,20). The molecule has 110 valence electrons. The van der Waals surface area contributed by atoms with Gasteiger partial charge in [0.25, 0.3) is 0 Å². The average molecular weight is 297 g/mol. The van der Waals surface area contributed by atoms with Crippen LogP contribution in [0.2, 0.25) is 0 Å². The van der Waals surface area contributed by atoms with Crippen molar-refractivity contribution >= 4 is 5.97 Å². The van der Waals surface area contributed by atoms with E-state index in [9.17, 15) is 18.0 Å². The Labute approximate surface area is 117 Å². The molecule has 2 rings (SSSR count). The number of hydrogen-bond donors (Lipinski definition) is 1. The van der Waals surface area contributed by atoms with E-state index in [0.717, 1.165) is 18.3 Å². The zero-order valence-electron chi connectivity index (χ0n) is 10.8. The Morgan fingerprint density at radius 1 is 1.29 bits per heavy atom. The summed E-state index contributed by atoms with van der Waals surface area (Å²) in [7, 11) is 0. The molecule has 0 amide bonds. The average Bonchev–Trinajstić information content (AvgIpc) is 2.40. The van der Waals surface area contributed by atoms with Gasteiger partial charge in [-0.2, -0.15) is 13.2 Å². The second-order valence-electron chi connectivity index (χ2n) is 4.24. The smallest absolute Gasteiger partial charge is 0.416 e. The van der Waals surface area contributed by atoms with E-state index in [1.54, 1.807) is 13.0 Å². The summed E-state index contributed by atoms with van der Waals surface area (Å²) in [6.45, 7) is 1.59. The van der Waals surface area contributed by atoms with Gasteiger partial charge in [-0.3, -0.25) is 0 Å². The highest BCUT2D eigenvalue weighted by molar-refractivity contribution is 5.91. The van der Waals surface area contributed by atoms with Crippen molar-refractivity contribution < 1.29 is 27.8 Å². The summed E-state index contributed by atoms with van der Waals surface area (Å²) in [4.78, 5) is 14.8. The third kappa shape index (κ3) is 3.31. The van der Waals surface area contributed by atoms with Gasteiger partial charge >= 0.3 is 12.1 Å². The highest BCUT2D eigenvalue weighted by Crippen LogP contribution is 2.33. The van der Waals surface area contributed by atoms with E-state index < -0.39 is 17.7 Å². The van der Waals surface area contributed by atoms with Crippen molar-refractivity contribution in [2.24, 2.45) is 0 Å². The van der Waals surface area contributed by atoms with E-state index in [1.165, 1.54) is 12.1 Å². The first-order chi connectivity index (χ1) is 9.79. The van der Waals surface area contributed by atoms with Crippen LogP contribution in [0.25, 0.3) is 0 Å². The first-order valence-corrected chi connectivity index (χ1v) is 5.83. The van der Waals surface area contributed by atoms with Crippen LogP contribution in [0.15, 0.2) is 36.5 Å². The largest absolute Gasteiger partial charge is 0.478 e. The Morgan fingerprint density at radius 3 is 2.62 bits per heavy atom. The summed E-state index contributed by atoms with van der Waals surface area (Å²) in [5, 5.41) is 9.07. The van der Waals surface area contributed by atoms with Gasteiger partial charge < -0.3 is 9.84 Å². The van der Waals surface area contributed by atoms with E-state index in [4.69, 9.17) is 9.84 Å². The number of nitrogens with zero attached hydrogens (tertiary/aromatic N) is 1. The summed E-state index contributed by atoms with van der Waals surface area (Å²) in [6, 6.07) is 5.94. The molecule has 0 aliphatic rings. The number of benzene rings is 1. The minimum absolute atomic E-state index is 0.0307. The highest BCUT2D eigenvalue weighted by Gasteiger charge is 2.31. The molecule has 1 aromatic carbocycles. The van der Waals surface area contributed by atoms with E-state index in [-0.39, 0.29) is 17.2 Å². The number of para-hydroxylation sites is 1. The number of hydrogen-bond acceptors (Lipinski definition) is 3. The second kappa shape index (κ2) is 5.43. The number of carboxylic acids is 1. The van der Waals surface area contributed by atoms with Gasteiger partial charge in [0, 0.05) is 12.3 Å². The van der Waals surface area contributed by atoms with Crippen LogP contribution in [-0.2, 0) is 6.18 Å². The number of aromatic carboxylic acids is 1. The van der Waals surface area contributed by atoms with Crippen LogP contribution >= 0.6 is 0 Å². The first-order valence-electron chi connectivity index (χ1n) is 5.83. The quantitative estimate of drug-likeness (QED) is 0.933. The predicted octanol–water partition coefficient (Wildman–Crippen LogP) is 3.90. The lowest BCUT2D eigenvalue weighted by Gasteiger charge is -2.12. The van der Waals surface area contributed by atoms with Crippen LogP contribution in [-0.4, -0.2) is 16.1 Å². The van der Waals surface area contributed by atoms with E-state index in [0.29, 0.717) is 5.56 Å². The summed E-state index contributed by atoms with van der Waals surface area (Å²) in [5.74, 6) is -1.58. The van der Waals surface area contributed by atoms with Crippen molar-refractivity contribution in [3.63, 3.8) is 0 Å². The molecule has 0 aliphatic heterocycles. The second-order valence-corrected chi connectivity index (χ2v) is 4.24. The van der Waals surface area contributed by atoms with Gasteiger partial charge in [0.2, 0.25) is 5.88 Å². The predicted molar refractivity (Wildman–Crippen MR) is 67.5 cm³/mol. The van der Waals surface area contributed by atoms with E-state index in [2.05, 4.69) is 4.98 Å². The van der Waals surface area contributed by atoms with Crippen molar-refractivity contribution in [3.05, 3.63) is 53.2 Å². The summed E-state index contributed by atoms with van der Waals surface area (Å²) in [5.41, 5.74) is -0.582. The third-order valence-corrected chi connectivity index (χ3v) is 2.71. The number of aromatic nitrogens is 1. The fourth-order valence-electron chi connectivity index (χ4n) is 1.70. The maximum Gasteiger partial charge on any atom is 0.416 e. The van der Waals surface area contributed by atoms with Gasteiger partial charge in [-0.25, -0.2) is 9.78 Å². The fourth-order valence-corrected chi connectivity index (χ4v) is 1.70. The van der Waals surface area contributed by atoms with Crippen molar-refractivity contribution in [2.45, 2.75) is 13.1 Å². The van der Waals surface area contributed by atoms with E-state index >= 15 is 0 Å². The number of aryl methyl sites for hydroxylation is 1. The molecule has 0 aliphatic carbocycles. The van der Waals surface area contributed by atoms with Gasteiger partial charge in [-0.1, -0.05) is 12.1 Å². The number of alkyl halides is 3. The molecule has 0 fully saturated rings. The van der Waals surface area contributed by atoms with Crippen LogP contribution in [0.5, 0.6) is 11.6 Å². The lowest BCUT2D eigenvalue weighted by atomic mass is 10.1. The molecule has 0 bridgehead atoms. The number of halogens is 3. The van der Waals surface area contributed by atoms with Gasteiger partial charge in [-0.05, 0) is 24.6 Å². The molecule has 1 heterocycles. The van der Waals surface area contributed by atoms with Crippen LogP contribution in [0.1, 0.15) is 21.5 Å². The maximum absolute atomic E-state index is 12.6.